The summed E-state index contributed by atoms with van der Waals surface area (Å²) in [6.45, 7) is 8.04. The second kappa shape index (κ2) is 8.21. The van der Waals surface area contributed by atoms with Crippen LogP contribution in [0.3, 0.4) is 0 Å². The molecule has 2 amide bonds. The van der Waals surface area contributed by atoms with E-state index >= 15 is 0 Å². The Hall–Kier alpha value is -1.14. The third kappa shape index (κ3) is 5.88. The van der Waals surface area contributed by atoms with Gasteiger partial charge in [0.15, 0.2) is 0 Å². The van der Waals surface area contributed by atoms with Crippen LogP contribution in [0.15, 0.2) is 0 Å². The molecule has 0 unspecified atom stereocenters. The molecule has 1 heterocycles. The summed E-state index contributed by atoms with van der Waals surface area (Å²) >= 11 is 0. The van der Waals surface area contributed by atoms with Crippen molar-refractivity contribution in [1.82, 2.24) is 20.0 Å². The van der Waals surface area contributed by atoms with Crippen LogP contribution >= 0.6 is 0 Å². The first-order valence-electron chi connectivity index (χ1n) is 7.34. The number of carbonyl (C=O) groups is 2. The summed E-state index contributed by atoms with van der Waals surface area (Å²) in [5, 5.41) is 3.16. The molecule has 116 valence electrons. The van der Waals surface area contributed by atoms with Crippen molar-refractivity contribution in [2.24, 2.45) is 0 Å². The van der Waals surface area contributed by atoms with E-state index in [1.165, 1.54) is 0 Å². The first-order valence-corrected chi connectivity index (χ1v) is 7.34. The molecule has 6 heteroatoms. The van der Waals surface area contributed by atoms with Crippen molar-refractivity contribution in [3.8, 4) is 0 Å². The average molecular weight is 284 g/mol. The number of carbonyl (C=O) groups excluding carboxylic acids is 2. The molecule has 1 aliphatic heterocycles. The highest BCUT2D eigenvalue weighted by Gasteiger charge is 2.20. The summed E-state index contributed by atoms with van der Waals surface area (Å²) in [6.07, 6.45) is 0.925. The monoisotopic (exact) mass is 284 g/mol. The van der Waals surface area contributed by atoms with Crippen LogP contribution in [0.2, 0.25) is 0 Å². The molecule has 0 aromatic carbocycles. The molecule has 1 fully saturated rings. The highest BCUT2D eigenvalue weighted by molar-refractivity contribution is 5.78. The normalized spacial score (nSPS) is 17.1. The van der Waals surface area contributed by atoms with Gasteiger partial charge in [0.2, 0.25) is 11.8 Å². The fourth-order valence-electron chi connectivity index (χ4n) is 2.11. The van der Waals surface area contributed by atoms with E-state index in [2.05, 4.69) is 10.2 Å². The highest BCUT2D eigenvalue weighted by Crippen LogP contribution is 2.04. The second-order valence-corrected chi connectivity index (χ2v) is 5.83. The molecule has 1 saturated heterocycles. The number of nitrogens with one attached hydrogen (secondary N) is 1. The summed E-state index contributed by atoms with van der Waals surface area (Å²) in [5.41, 5.74) is 0. The minimum Gasteiger partial charge on any atom is -0.348 e. The van der Waals surface area contributed by atoms with E-state index in [-0.39, 0.29) is 11.8 Å². The Morgan fingerprint density at radius 2 is 1.85 bits per heavy atom. The number of hydrogen-bond donors (Lipinski definition) is 1. The van der Waals surface area contributed by atoms with Crippen LogP contribution in [0.1, 0.15) is 20.3 Å². The third-order valence-electron chi connectivity index (χ3n) is 3.46. The minimum atomic E-state index is 0.117. The van der Waals surface area contributed by atoms with Gasteiger partial charge in [0, 0.05) is 46.3 Å². The van der Waals surface area contributed by atoms with Gasteiger partial charge in [-0.2, -0.15) is 0 Å². The Balaban J connectivity index is 2.39. The molecule has 0 aromatic rings. The van der Waals surface area contributed by atoms with Gasteiger partial charge < -0.3 is 15.1 Å². The van der Waals surface area contributed by atoms with Gasteiger partial charge in [-0.3, -0.25) is 14.5 Å². The molecule has 1 N–H and O–H groups in total. The number of amides is 2. The minimum absolute atomic E-state index is 0.117. The first kappa shape index (κ1) is 16.9. The Morgan fingerprint density at radius 1 is 1.15 bits per heavy atom. The summed E-state index contributed by atoms with van der Waals surface area (Å²) < 4.78 is 0. The van der Waals surface area contributed by atoms with Gasteiger partial charge in [-0.1, -0.05) is 13.8 Å². The van der Waals surface area contributed by atoms with Crippen LogP contribution in [0, 0.1) is 0 Å². The summed E-state index contributed by atoms with van der Waals surface area (Å²) in [4.78, 5) is 29.4. The zero-order valence-corrected chi connectivity index (χ0v) is 13.2. The lowest BCUT2D eigenvalue weighted by Crippen LogP contribution is -2.42. The standard InChI is InChI=1S/C14H28N4O2/c1-12(2)15-10-13(19)18-7-5-6-17(8-9-18)11-14(20)16(3)4/h12,15H,5-11H2,1-4H3. The molecule has 20 heavy (non-hydrogen) atoms. The third-order valence-corrected chi connectivity index (χ3v) is 3.46. The Morgan fingerprint density at radius 3 is 2.45 bits per heavy atom. The largest absolute Gasteiger partial charge is 0.348 e. The van der Waals surface area contributed by atoms with Gasteiger partial charge in [0.25, 0.3) is 0 Å². The fourth-order valence-corrected chi connectivity index (χ4v) is 2.11. The quantitative estimate of drug-likeness (QED) is 0.747. The lowest BCUT2D eigenvalue weighted by atomic mass is 10.3. The fraction of sp³-hybridized carbons (Fsp3) is 0.857. The van der Waals surface area contributed by atoms with Crippen molar-refractivity contribution in [3.63, 3.8) is 0 Å². The van der Waals surface area contributed by atoms with Crippen LogP contribution in [0.5, 0.6) is 0 Å². The van der Waals surface area contributed by atoms with Gasteiger partial charge in [-0.25, -0.2) is 0 Å². The maximum Gasteiger partial charge on any atom is 0.236 e. The van der Waals surface area contributed by atoms with Crippen molar-refractivity contribution in [2.75, 3.05) is 53.4 Å². The summed E-state index contributed by atoms with van der Waals surface area (Å²) in [6, 6.07) is 0.320. The molecule has 6 nitrogen and oxygen atoms in total. The molecular formula is C14H28N4O2. The van der Waals surface area contributed by atoms with E-state index in [1.54, 1.807) is 19.0 Å². The molecule has 1 rings (SSSR count). The van der Waals surface area contributed by atoms with E-state index < -0.39 is 0 Å². The lowest BCUT2D eigenvalue weighted by molar-refractivity contribution is -0.130. The molecule has 0 aliphatic carbocycles. The van der Waals surface area contributed by atoms with E-state index in [1.807, 2.05) is 18.7 Å². The van der Waals surface area contributed by atoms with Crippen molar-refractivity contribution in [3.05, 3.63) is 0 Å². The topological polar surface area (TPSA) is 55.9 Å². The summed E-state index contributed by atoms with van der Waals surface area (Å²) in [7, 11) is 3.54. The molecule has 0 atom stereocenters. The molecule has 0 radical (unpaired) electrons. The Labute approximate surface area is 122 Å². The Bertz CT molecular complexity index is 331. The number of likely N-dealkylation sites (N-methyl/N-ethyl adjacent to an activating group) is 1. The first-order chi connectivity index (χ1) is 9.40. The maximum absolute atomic E-state index is 12.1. The second-order valence-electron chi connectivity index (χ2n) is 5.83. The van der Waals surface area contributed by atoms with Crippen molar-refractivity contribution < 1.29 is 9.59 Å². The van der Waals surface area contributed by atoms with Gasteiger partial charge in [0.05, 0.1) is 13.1 Å². The predicted molar refractivity (Wildman–Crippen MR) is 79.5 cm³/mol. The number of rotatable bonds is 5. The van der Waals surface area contributed by atoms with Crippen molar-refractivity contribution in [2.45, 2.75) is 26.3 Å². The van der Waals surface area contributed by atoms with E-state index in [4.69, 9.17) is 0 Å². The highest BCUT2D eigenvalue weighted by atomic mass is 16.2. The van der Waals surface area contributed by atoms with Gasteiger partial charge >= 0.3 is 0 Å². The van der Waals surface area contributed by atoms with Gasteiger partial charge in [-0.05, 0) is 6.42 Å². The maximum atomic E-state index is 12.1. The molecule has 0 saturated carbocycles. The predicted octanol–water partition coefficient (Wildman–Crippen LogP) is -0.393. The van der Waals surface area contributed by atoms with Crippen molar-refractivity contribution in [1.29, 1.82) is 0 Å². The van der Waals surface area contributed by atoms with Crippen LogP contribution in [-0.2, 0) is 9.59 Å². The molecule has 0 spiro atoms. The summed E-state index contributed by atoms with van der Waals surface area (Å²) in [5.74, 6) is 0.269. The Kier molecular flexibility index (Phi) is 6.95. The van der Waals surface area contributed by atoms with E-state index in [0.717, 1.165) is 26.1 Å². The number of hydrogen-bond acceptors (Lipinski definition) is 4. The molecule has 0 aromatic heterocycles. The van der Waals surface area contributed by atoms with Crippen LogP contribution in [-0.4, -0.2) is 85.9 Å². The van der Waals surface area contributed by atoms with Crippen molar-refractivity contribution >= 4 is 11.8 Å². The SMILES string of the molecule is CC(C)NCC(=O)N1CCCN(CC(=O)N(C)C)CC1. The van der Waals surface area contributed by atoms with Crippen LogP contribution < -0.4 is 5.32 Å². The number of nitrogens with zero attached hydrogens (tertiary/aromatic N) is 3. The molecule has 1 aliphatic rings. The van der Waals surface area contributed by atoms with Gasteiger partial charge in [0.1, 0.15) is 0 Å². The van der Waals surface area contributed by atoms with E-state index in [9.17, 15) is 9.59 Å². The molecule has 0 bridgehead atoms. The lowest BCUT2D eigenvalue weighted by Gasteiger charge is -2.23. The van der Waals surface area contributed by atoms with Crippen LogP contribution in [0.4, 0.5) is 0 Å². The zero-order valence-electron chi connectivity index (χ0n) is 13.2. The average Bonchev–Trinajstić information content (AvgIpc) is 2.61. The van der Waals surface area contributed by atoms with E-state index in [0.29, 0.717) is 25.7 Å². The molecular weight excluding hydrogens is 256 g/mol. The smallest absolute Gasteiger partial charge is 0.236 e. The van der Waals surface area contributed by atoms with Crippen LogP contribution in [0.25, 0.3) is 0 Å². The zero-order chi connectivity index (χ0) is 15.1. The van der Waals surface area contributed by atoms with Gasteiger partial charge in [-0.15, -0.1) is 0 Å².